The molecule has 0 amide bonds. The van der Waals surface area contributed by atoms with Crippen LogP contribution in [0.25, 0.3) is 0 Å². The number of aryl methyl sites for hydroxylation is 1. The van der Waals surface area contributed by atoms with Gasteiger partial charge in [-0.15, -0.1) is 0 Å². The SMILES string of the molecule is Cc1ccc(F)c(C2(N)CCC(C(C)(C)C)CC2)c1. The Kier molecular flexibility index (Phi) is 3.74. The van der Waals surface area contributed by atoms with Gasteiger partial charge in [0.2, 0.25) is 0 Å². The van der Waals surface area contributed by atoms with Gasteiger partial charge in [0, 0.05) is 11.1 Å². The van der Waals surface area contributed by atoms with Gasteiger partial charge in [0.05, 0.1) is 0 Å². The second-order valence-corrected chi connectivity index (χ2v) is 7.28. The van der Waals surface area contributed by atoms with E-state index in [1.54, 1.807) is 6.07 Å². The second-order valence-electron chi connectivity index (χ2n) is 7.28. The van der Waals surface area contributed by atoms with Gasteiger partial charge in [-0.3, -0.25) is 0 Å². The first-order chi connectivity index (χ1) is 8.72. The monoisotopic (exact) mass is 263 g/mol. The Morgan fingerprint density at radius 3 is 2.32 bits per heavy atom. The number of benzene rings is 1. The third kappa shape index (κ3) is 3.00. The largest absolute Gasteiger partial charge is 0.321 e. The summed E-state index contributed by atoms with van der Waals surface area (Å²) in [6.45, 7) is 8.85. The minimum absolute atomic E-state index is 0.151. The fraction of sp³-hybridized carbons (Fsp3) is 0.647. The highest BCUT2D eigenvalue weighted by Crippen LogP contribution is 2.44. The number of hydrogen-bond acceptors (Lipinski definition) is 1. The van der Waals surface area contributed by atoms with E-state index >= 15 is 0 Å². The molecule has 0 unspecified atom stereocenters. The van der Waals surface area contributed by atoms with E-state index < -0.39 is 5.54 Å². The Bertz CT molecular complexity index is 451. The summed E-state index contributed by atoms with van der Waals surface area (Å²) in [5, 5.41) is 0. The number of nitrogens with two attached hydrogens (primary N) is 1. The van der Waals surface area contributed by atoms with Gasteiger partial charge >= 0.3 is 0 Å². The molecule has 0 saturated heterocycles. The van der Waals surface area contributed by atoms with Crippen molar-refractivity contribution in [3.05, 3.63) is 35.1 Å². The predicted octanol–water partition coefficient (Wildman–Crippen LogP) is 4.52. The molecule has 1 aromatic rings. The van der Waals surface area contributed by atoms with Crippen molar-refractivity contribution in [2.45, 2.75) is 58.9 Å². The van der Waals surface area contributed by atoms with Gasteiger partial charge < -0.3 is 5.73 Å². The molecular weight excluding hydrogens is 237 g/mol. The average molecular weight is 263 g/mol. The molecule has 2 N–H and O–H groups in total. The molecule has 1 nitrogen and oxygen atoms in total. The van der Waals surface area contributed by atoms with Crippen LogP contribution in [0.15, 0.2) is 18.2 Å². The van der Waals surface area contributed by atoms with Gasteiger partial charge in [0.25, 0.3) is 0 Å². The lowest BCUT2D eigenvalue weighted by Gasteiger charge is -2.42. The van der Waals surface area contributed by atoms with Gasteiger partial charge in [-0.05, 0) is 50.0 Å². The first kappa shape index (κ1) is 14.5. The van der Waals surface area contributed by atoms with Gasteiger partial charge in [-0.2, -0.15) is 0 Å². The molecule has 0 atom stereocenters. The predicted molar refractivity (Wildman–Crippen MR) is 78.4 cm³/mol. The van der Waals surface area contributed by atoms with E-state index in [9.17, 15) is 4.39 Å². The Morgan fingerprint density at radius 2 is 1.79 bits per heavy atom. The lowest BCUT2D eigenvalue weighted by molar-refractivity contribution is 0.132. The maximum atomic E-state index is 14.1. The summed E-state index contributed by atoms with van der Waals surface area (Å²) in [6.07, 6.45) is 3.95. The van der Waals surface area contributed by atoms with Gasteiger partial charge in [-0.25, -0.2) is 4.39 Å². The third-order valence-electron chi connectivity index (χ3n) is 4.76. The summed E-state index contributed by atoms with van der Waals surface area (Å²) in [5.74, 6) is 0.541. The van der Waals surface area contributed by atoms with Crippen LogP contribution < -0.4 is 5.73 Å². The lowest BCUT2D eigenvalue weighted by atomic mass is 9.66. The quantitative estimate of drug-likeness (QED) is 0.791. The zero-order valence-corrected chi connectivity index (χ0v) is 12.6. The standard InChI is InChI=1S/C17H26FN/c1-12-5-6-15(18)14(11-12)17(19)9-7-13(8-10-17)16(2,3)4/h5-6,11,13H,7-10,19H2,1-4H3. The van der Waals surface area contributed by atoms with Crippen LogP contribution in [0, 0.1) is 24.1 Å². The highest BCUT2D eigenvalue weighted by molar-refractivity contribution is 5.30. The molecule has 106 valence electrons. The molecule has 1 aromatic carbocycles. The smallest absolute Gasteiger partial charge is 0.128 e. The number of hydrogen-bond donors (Lipinski definition) is 1. The Hall–Kier alpha value is -0.890. The van der Waals surface area contributed by atoms with Gasteiger partial charge in [-0.1, -0.05) is 38.5 Å². The Balaban J connectivity index is 2.20. The maximum Gasteiger partial charge on any atom is 0.128 e. The van der Waals surface area contributed by atoms with Crippen LogP contribution in [-0.2, 0) is 5.54 Å². The summed E-state index contributed by atoms with van der Waals surface area (Å²) < 4.78 is 14.1. The van der Waals surface area contributed by atoms with Crippen LogP contribution in [0.5, 0.6) is 0 Å². The van der Waals surface area contributed by atoms with Crippen molar-refractivity contribution in [1.29, 1.82) is 0 Å². The molecule has 2 heteroatoms. The summed E-state index contributed by atoms with van der Waals surface area (Å²) in [5.41, 5.74) is 8.16. The van der Waals surface area contributed by atoms with Crippen molar-refractivity contribution in [3.8, 4) is 0 Å². The molecule has 1 fully saturated rings. The van der Waals surface area contributed by atoms with E-state index in [-0.39, 0.29) is 5.82 Å². The summed E-state index contributed by atoms with van der Waals surface area (Å²) >= 11 is 0. The minimum atomic E-state index is -0.474. The molecule has 0 bridgehead atoms. The van der Waals surface area contributed by atoms with Crippen LogP contribution in [-0.4, -0.2) is 0 Å². The van der Waals surface area contributed by atoms with Gasteiger partial charge in [0.1, 0.15) is 5.82 Å². The van der Waals surface area contributed by atoms with E-state index in [0.29, 0.717) is 16.9 Å². The van der Waals surface area contributed by atoms with Crippen molar-refractivity contribution >= 4 is 0 Å². The number of halogens is 1. The molecule has 1 aliphatic carbocycles. The zero-order chi connectivity index (χ0) is 14.3. The molecule has 0 aromatic heterocycles. The zero-order valence-electron chi connectivity index (χ0n) is 12.6. The van der Waals surface area contributed by atoms with Crippen LogP contribution in [0.2, 0.25) is 0 Å². The first-order valence-electron chi connectivity index (χ1n) is 7.28. The molecule has 0 heterocycles. The molecular formula is C17H26FN. The van der Waals surface area contributed by atoms with E-state index in [2.05, 4.69) is 20.8 Å². The van der Waals surface area contributed by atoms with Crippen molar-refractivity contribution in [1.82, 2.24) is 0 Å². The molecule has 0 spiro atoms. The van der Waals surface area contributed by atoms with Crippen LogP contribution >= 0.6 is 0 Å². The molecule has 2 rings (SSSR count). The van der Waals surface area contributed by atoms with E-state index in [0.717, 1.165) is 31.2 Å². The summed E-state index contributed by atoms with van der Waals surface area (Å²) in [4.78, 5) is 0. The van der Waals surface area contributed by atoms with E-state index in [1.165, 1.54) is 0 Å². The van der Waals surface area contributed by atoms with Crippen molar-refractivity contribution in [2.24, 2.45) is 17.1 Å². The maximum absolute atomic E-state index is 14.1. The molecule has 1 aliphatic rings. The highest BCUT2D eigenvalue weighted by atomic mass is 19.1. The van der Waals surface area contributed by atoms with Crippen LogP contribution in [0.1, 0.15) is 57.6 Å². The molecule has 19 heavy (non-hydrogen) atoms. The van der Waals surface area contributed by atoms with Crippen molar-refractivity contribution in [2.75, 3.05) is 0 Å². The van der Waals surface area contributed by atoms with Crippen molar-refractivity contribution in [3.63, 3.8) is 0 Å². The van der Waals surface area contributed by atoms with E-state index in [4.69, 9.17) is 5.73 Å². The van der Waals surface area contributed by atoms with E-state index in [1.807, 2.05) is 19.1 Å². The Morgan fingerprint density at radius 1 is 1.21 bits per heavy atom. The lowest BCUT2D eigenvalue weighted by Crippen LogP contribution is -2.43. The van der Waals surface area contributed by atoms with Crippen LogP contribution in [0.4, 0.5) is 4.39 Å². The van der Waals surface area contributed by atoms with Gasteiger partial charge in [0.15, 0.2) is 0 Å². The fourth-order valence-electron chi connectivity index (χ4n) is 3.29. The molecule has 1 saturated carbocycles. The normalized spacial score (nSPS) is 28.4. The summed E-state index contributed by atoms with van der Waals surface area (Å²) in [7, 11) is 0. The molecule has 0 aliphatic heterocycles. The number of rotatable bonds is 1. The minimum Gasteiger partial charge on any atom is -0.321 e. The molecule has 0 radical (unpaired) electrons. The second kappa shape index (κ2) is 4.90. The highest BCUT2D eigenvalue weighted by Gasteiger charge is 2.38. The van der Waals surface area contributed by atoms with Crippen molar-refractivity contribution < 1.29 is 4.39 Å². The first-order valence-corrected chi connectivity index (χ1v) is 7.28. The Labute approximate surface area is 116 Å². The third-order valence-corrected chi connectivity index (χ3v) is 4.76. The topological polar surface area (TPSA) is 26.0 Å². The fourth-order valence-corrected chi connectivity index (χ4v) is 3.29. The summed E-state index contributed by atoms with van der Waals surface area (Å²) in [6, 6.07) is 5.28. The van der Waals surface area contributed by atoms with Crippen LogP contribution in [0.3, 0.4) is 0 Å². The average Bonchev–Trinajstić information content (AvgIpc) is 2.31.